The monoisotopic (exact) mass is 464 g/mol. The van der Waals surface area contributed by atoms with E-state index < -0.39 is 6.10 Å². The highest BCUT2D eigenvalue weighted by molar-refractivity contribution is 5.69. The highest BCUT2D eigenvalue weighted by atomic mass is 16.5. The first-order chi connectivity index (χ1) is 16.3. The number of β-amino-alcohol motifs (C(OH)–C–C–N with tert-alkyl or cyclic N) is 1. The summed E-state index contributed by atoms with van der Waals surface area (Å²) in [6.07, 6.45) is 3.32. The van der Waals surface area contributed by atoms with Crippen molar-refractivity contribution >= 4 is 5.97 Å². The lowest BCUT2D eigenvalue weighted by Crippen LogP contribution is -2.46. The molecule has 0 amide bonds. The molecule has 1 atom stereocenters. The summed E-state index contributed by atoms with van der Waals surface area (Å²) < 4.78 is 10.7. The summed E-state index contributed by atoms with van der Waals surface area (Å²) in [5.41, 5.74) is 4.07. The van der Waals surface area contributed by atoms with E-state index in [4.69, 9.17) is 9.47 Å². The standard InChI is InChI=1S/C28H36N2O4/c1-4-33-27(32)12-10-20-9-11-26(24(13-20)17-29)34-19-25(31)18-30-28(2,3)16-21-14-22-7-5-6-8-23(22)15-21/h5-9,11,13,21,25,30-31H,4,10,12,14-16,18-19H2,1-3H3/t25-/m1/s1. The van der Waals surface area contributed by atoms with Crippen molar-refractivity contribution in [2.45, 2.75) is 64.5 Å². The van der Waals surface area contributed by atoms with Crippen LogP contribution in [0.25, 0.3) is 0 Å². The second kappa shape index (κ2) is 12.0. The zero-order valence-electron chi connectivity index (χ0n) is 20.5. The molecule has 0 fully saturated rings. The zero-order chi connectivity index (χ0) is 24.6. The Morgan fingerprint density at radius 3 is 2.59 bits per heavy atom. The van der Waals surface area contributed by atoms with Gasteiger partial charge >= 0.3 is 5.97 Å². The summed E-state index contributed by atoms with van der Waals surface area (Å²) in [5.74, 6) is 0.788. The number of nitrogens with one attached hydrogen (secondary N) is 1. The smallest absolute Gasteiger partial charge is 0.306 e. The van der Waals surface area contributed by atoms with E-state index in [0.717, 1.165) is 24.8 Å². The van der Waals surface area contributed by atoms with E-state index >= 15 is 0 Å². The van der Waals surface area contributed by atoms with Crippen LogP contribution in [0.3, 0.4) is 0 Å². The van der Waals surface area contributed by atoms with Gasteiger partial charge in [-0.2, -0.15) is 5.26 Å². The Hall–Kier alpha value is -2.88. The van der Waals surface area contributed by atoms with Gasteiger partial charge in [0.2, 0.25) is 0 Å². The lowest BCUT2D eigenvalue weighted by atomic mass is 9.88. The van der Waals surface area contributed by atoms with Crippen LogP contribution in [0, 0.1) is 17.2 Å². The number of nitrogens with zero attached hydrogens (tertiary/aromatic N) is 1. The number of aliphatic hydroxyl groups excluding tert-OH is 1. The van der Waals surface area contributed by atoms with E-state index in [1.807, 2.05) is 6.07 Å². The van der Waals surface area contributed by atoms with Crippen molar-refractivity contribution in [2.24, 2.45) is 5.92 Å². The Balaban J connectivity index is 1.43. The molecule has 2 N–H and O–H groups in total. The van der Waals surface area contributed by atoms with Gasteiger partial charge in [0.15, 0.2) is 0 Å². The summed E-state index contributed by atoms with van der Waals surface area (Å²) in [4.78, 5) is 11.5. The fraction of sp³-hybridized carbons (Fsp3) is 0.500. The molecule has 0 aliphatic heterocycles. The van der Waals surface area contributed by atoms with Gasteiger partial charge in [-0.25, -0.2) is 0 Å². The molecule has 0 saturated heterocycles. The number of ether oxygens (including phenoxy) is 2. The first-order valence-electron chi connectivity index (χ1n) is 12.1. The molecule has 2 aromatic rings. The molecule has 34 heavy (non-hydrogen) atoms. The maximum atomic E-state index is 11.5. The third-order valence-electron chi connectivity index (χ3n) is 6.27. The topological polar surface area (TPSA) is 91.6 Å². The molecule has 0 unspecified atom stereocenters. The van der Waals surface area contributed by atoms with Crippen LogP contribution in [0.1, 0.15) is 55.9 Å². The summed E-state index contributed by atoms with van der Waals surface area (Å²) in [6, 6.07) is 16.1. The van der Waals surface area contributed by atoms with E-state index in [0.29, 0.717) is 36.8 Å². The highest BCUT2D eigenvalue weighted by Gasteiger charge is 2.28. The van der Waals surface area contributed by atoms with E-state index in [2.05, 4.69) is 49.5 Å². The fourth-order valence-electron chi connectivity index (χ4n) is 4.65. The highest BCUT2D eigenvalue weighted by Crippen LogP contribution is 2.31. The molecule has 0 heterocycles. The summed E-state index contributed by atoms with van der Waals surface area (Å²) >= 11 is 0. The van der Waals surface area contributed by atoms with Crippen molar-refractivity contribution in [2.75, 3.05) is 19.8 Å². The summed E-state index contributed by atoms with van der Waals surface area (Å²) in [7, 11) is 0. The number of carbonyl (C=O) groups excluding carboxylic acids is 1. The summed E-state index contributed by atoms with van der Waals surface area (Å²) in [6.45, 7) is 6.98. The minimum absolute atomic E-state index is 0.0921. The quantitative estimate of drug-likeness (QED) is 0.462. The lowest BCUT2D eigenvalue weighted by molar-refractivity contribution is -0.143. The predicted octanol–water partition coefficient (Wildman–Crippen LogP) is 3.97. The Morgan fingerprint density at radius 2 is 1.94 bits per heavy atom. The Morgan fingerprint density at radius 1 is 1.24 bits per heavy atom. The largest absolute Gasteiger partial charge is 0.489 e. The molecular formula is C28H36N2O4. The number of benzene rings is 2. The minimum Gasteiger partial charge on any atom is -0.489 e. The average Bonchev–Trinajstić information content (AvgIpc) is 3.22. The van der Waals surface area contributed by atoms with Gasteiger partial charge in [0.05, 0.1) is 12.2 Å². The van der Waals surface area contributed by atoms with Crippen molar-refractivity contribution in [3.8, 4) is 11.8 Å². The van der Waals surface area contributed by atoms with Crippen LogP contribution < -0.4 is 10.1 Å². The number of carbonyl (C=O) groups is 1. The van der Waals surface area contributed by atoms with Crippen molar-refractivity contribution in [3.05, 3.63) is 64.7 Å². The number of rotatable bonds is 12. The molecule has 6 nitrogen and oxygen atoms in total. The molecule has 0 radical (unpaired) electrons. The third-order valence-corrected chi connectivity index (χ3v) is 6.27. The van der Waals surface area contributed by atoms with Gasteiger partial charge in [-0.3, -0.25) is 4.79 Å². The van der Waals surface area contributed by atoms with Gasteiger partial charge in [0, 0.05) is 18.5 Å². The predicted molar refractivity (Wildman–Crippen MR) is 132 cm³/mol. The molecule has 0 saturated carbocycles. The van der Waals surface area contributed by atoms with Crippen LogP contribution in [0.2, 0.25) is 0 Å². The molecule has 0 aromatic heterocycles. The molecule has 0 spiro atoms. The molecule has 6 heteroatoms. The molecule has 2 aromatic carbocycles. The van der Waals surface area contributed by atoms with Crippen molar-refractivity contribution in [1.29, 1.82) is 5.26 Å². The van der Waals surface area contributed by atoms with Crippen LogP contribution in [0.15, 0.2) is 42.5 Å². The van der Waals surface area contributed by atoms with Gasteiger partial charge in [0.25, 0.3) is 0 Å². The maximum absolute atomic E-state index is 11.5. The van der Waals surface area contributed by atoms with Crippen molar-refractivity contribution < 1.29 is 19.4 Å². The van der Waals surface area contributed by atoms with Crippen LogP contribution in [0.4, 0.5) is 0 Å². The zero-order valence-corrected chi connectivity index (χ0v) is 20.5. The molecule has 1 aliphatic rings. The number of hydrogen-bond donors (Lipinski definition) is 2. The number of aryl methyl sites for hydroxylation is 1. The van der Waals surface area contributed by atoms with Gasteiger partial charge in [0.1, 0.15) is 24.5 Å². The van der Waals surface area contributed by atoms with Gasteiger partial charge in [-0.1, -0.05) is 30.3 Å². The number of nitriles is 1. The van der Waals surface area contributed by atoms with Gasteiger partial charge in [-0.15, -0.1) is 0 Å². The SMILES string of the molecule is CCOC(=O)CCc1ccc(OC[C@H](O)CNC(C)(C)CC2Cc3ccccc3C2)c(C#N)c1. The first kappa shape index (κ1) is 25.7. The maximum Gasteiger partial charge on any atom is 0.306 e. The first-order valence-corrected chi connectivity index (χ1v) is 12.1. The number of fused-ring (bicyclic) bond motifs is 1. The van der Waals surface area contributed by atoms with Crippen LogP contribution in [-0.4, -0.2) is 42.5 Å². The second-order valence-corrected chi connectivity index (χ2v) is 9.72. The Bertz CT molecular complexity index is 987. The van der Waals surface area contributed by atoms with Crippen LogP contribution >= 0.6 is 0 Å². The molecule has 0 bridgehead atoms. The minimum atomic E-state index is -0.699. The fourth-order valence-corrected chi connectivity index (χ4v) is 4.65. The van der Waals surface area contributed by atoms with Gasteiger partial charge in [-0.05, 0) is 81.2 Å². The Kier molecular flexibility index (Phi) is 9.09. The number of aliphatic hydroxyl groups is 1. The van der Waals surface area contributed by atoms with E-state index in [-0.39, 0.29) is 24.5 Å². The number of esters is 1. The summed E-state index contributed by atoms with van der Waals surface area (Å²) in [5, 5.41) is 23.4. The lowest BCUT2D eigenvalue weighted by Gasteiger charge is -2.30. The Labute approximate surface area is 202 Å². The molecule has 3 rings (SSSR count). The van der Waals surface area contributed by atoms with Crippen LogP contribution in [0.5, 0.6) is 5.75 Å². The third kappa shape index (κ3) is 7.58. The normalized spacial score (nSPS) is 14.3. The van der Waals surface area contributed by atoms with Gasteiger partial charge < -0.3 is 19.9 Å². The van der Waals surface area contributed by atoms with Crippen LogP contribution in [-0.2, 0) is 28.8 Å². The average molecular weight is 465 g/mol. The number of hydrogen-bond acceptors (Lipinski definition) is 6. The van der Waals surface area contributed by atoms with Crippen molar-refractivity contribution in [1.82, 2.24) is 5.32 Å². The van der Waals surface area contributed by atoms with E-state index in [1.165, 1.54) is 11.1 Å². The van der Waals surface area contributed by atoms with E-state index in [9.17, 15) is 15.2 Å². The molecular weight excluding hydrogens is 428 g/mol. The molecule has 182 valence electrons. The van der Waals surface area contributed by atoms with E-state index in [1.54, 1.807) is 19.1 Å². The molecule has 1 aliphatic carbocycles. The van der Waals surface area contributed by atoms with Crippen molar-refractivity contribution in [3.63, 3.8) is 0 Å². The second-order valence-electron chi connectivity index (χ2n) is 9.72.